The number of nitrogens with one attached hydrogen (secondary N) is 2. The quantitative estimate of drug-likeness (QED) is 0.459. The largest absolute Gasteiger partial charge is 0.490 e. The van der Waals surface area contributed by atoms with Crippen LogP contribution < -0.4 is 20.3 Å². The van der Waals surface area contributed by atoms with Crippen LogP contribution in [0.3, 0.4) is 0 Å². The van der Waals surface area contributed by atoms with Gasteiger partial charge in [0, 0.05) is 41.9 Å². The molecule has 172 valence electrons. The van der Waals surface area contributed by atoms with Crippen molar-refractivity contribution >= 4 is 34.1 Å². The van der Waals surface area contributed by atoms with Gasteiger partial charge in [-0.3, -0.25) is 14.6 Å². The Labute approximate surface area is 199 Å². The minimum absolute atomic E-state index is 0.0186. The summed E-state index contributed by atoms with van der Waals surface area (Å²) in [5, 5.41) is 5.57. The molecule has 2 N–H and O–H groups in total. The van der Waals surface area contributed by atoms with E-state index in [1.54, 1.807) is 17.5 Å². The number of ether oxygens (including phenoxy) is 2. The normalized spacial score (nSPS) is 17.3. The average molecular weight is 475 g/mol. The van der Waals surface area contributed by atoms with Crippen molar-refractivity contribution in [2.75, 3.05) is 18.5 Å². The molecule has 0 saturated carbocycles. The molecular weight excluding hydrogens is 452 g/mol. The summed E-state index contributed by atoms with van der Waals surface area (Å²) in [5.74, 6) is 1.87. The maximum absolute atomic E-state index is 13.1. The third kappa shape index (κ3) is 3.81. The Morgan fingerprint density at radius 1 is 1.12 bits per heavy atom. The van der Waals surface area contributed by atoms with Gasteiger partial charge >= 0.3 is 0 Å². The predicted octanol–water partition coefficient (Wildman–Crippen LogP) is 4.07. The lowest BCUT2D eigenvalue weighted by molar-refractivity contribution is 0.0964. The van der Waals surface area contributed by atoms with Gasteiger partial charge in [-0.05, 0) is 41.1 Å². The molecule has 6 rings (SSSR count). The Hall–Kier alpha value is -3.72. The van der Waals surface area contributed by atoms with E-state index in [0.717, 1.165) is 33.9 Å². The lowest BCUT2D eigenvalue weighted by atomic mass is 9.82. The molecule has 34 heavy (non-hydrogen) atoms. The van der Waals surface area contributed by atoms with Crippen molar-refractivity contribution in [1.29, 1.82) is 0 Å². The zero-order valence-electron chi connectivity index (χ0n) is 18.3. The zero-order chi connectivity index (χ0) is 23.1. The van der Waals surface area contributed by atoms with Gasteiger partial charge in [-0.25, -0.2) is 4.98 Å². The summed E-state index contributed by atoms with van der Waals surface area (Å²) in [6.45, 7) is 1.70. The number of rotatable bonds is 4. The molecule has 1 aliphatic heterocycles. The molecule has 1 aliphatic carbocycles. The van der Waals surface area contributed by atoms with Gasteiger partial charge in [0.25, 0.3) is 5.56 Å². The number of hydrogen-bond donors (Lipinski definition) is 2. The molecule has 0 saturated heterocycles. The number of ketones is 1. The first-order valence-corrected chi connectivity index (χ1v) is 12.1. The molecule has 9 heteroatoms. The van der Waals surface area contributed by atoms with Gasteiger partial charge in [0.15, 0.2) is 22.9 Å². The zero-order valence-corrected chi connectivity index (χ0v) is 19.1. The van der Waals surface area contributed by atoms with Crippen molar-refractivity contribution < 1.29 is 14.3 Å². The van der Waals surface area contributed by atoms with Gasteiger partial charge < -0.3 is 14.8 Å². The fourth-order valence-electron chi connectivity index (χ4n) is 4.58. The molecule has 0 radical (unpaired) electrons. The van der Waals surface area contributed by atoms with Crippen LogP contribution >= 0.6 is 11.3 Å². The van der Waals surface area contributed by atoms with Crippen LogP contribution in [0.15, 0.2) is 46.7 Å². The second-order valence-electron chi connectivity index (χ2n) is 8.49. The molecule has 1 atom stereocenters. The smallest absolute Gasteiger partial charge is 0.262 e. The Bertz CT molecular complexity index is 1450. The Morgan fingerprint density at radius 3 is 2.85 bits per heavy atom. The molecule has 4 heterocycles. The average Bonchev–Trinajstić information content (AvgIpc) is 3.28. The van der Waals surface area contributed by atoms with Gasteiger partial charge in [-0.1, -0.05) is 12.1 Å². The van der Waals surface area contributed by atoms with Crippen molar-refractivity contribution in [2.24, 2.45) is 0 Å². The van der Waals surface area contributed by atoms with E-state index in [-0.39, 0.29) is 17.3 Å². The Balaban J connectivity index is 1.29. The summed E-state index contributed by atoms with van der Waals surface area (Å²) < 4.78 is 11.4. The lowest BCUT2D eigenvalue weighted by Crippen LogP contribution is -2.23. The molecular formula is C25H22N4O4S. The molecule has 1 aromatic carbocycles. The summed E-state index contributed by atoms with van der Waals surface area (Å²) in [5.41, 5.74) is 2.27. The second kappa shape index (κ2) is 8.57. The highest BCUT2D eigenvalue weighted by Gasteiger charge is 2.30. The van der Waals surface area contributed by atoms with Crippen LogP contribution in [0.5, 0.6) is 11.5 Å². The number of thiophene rings is 1. The van der Waals surface area contributed by atoms with Crippen LogP contribution in [0.4, 0.5) is 5.95 Å². The van der Waals surface area contributed by atoms with Crippen molar-refractivity contribution in [3.63, 3.8) is 0 Å². The highest BCUT2D eigenvalue weighted by atomic mass is 32.1. The Morgan fingerprint density at radius 2 is 2.00 bits per heavy atom. The van der Waals surface area contributed by atoms with E-state index in [0.29, 0.717) is 55.1 Å². The summed E-state index contributed by atoms with van der Waals surface area (Å²) >= 11 is 1.64. The second-order valence-corrected chi connectivity index (χ2v) is 9.47. The summed E-state index contributed by atoms with van der Waals surface area (Å²) in [6, 6.07) is 9.80. The third-order valence-corrected chi connectivity index (χ3v) is 7.28. The maximum Gasteiger partial charge on any atom is 0.262 e. The number of benzene rings is 1. The van der Waals surface area contributed by atoms with Crippen LogP contribution in [-0.4, -0.2) is 33.9 Å². The van der Waals surface area contributed by atoms with Crippen LogP contribution in [-0.2, 0) is 13.0 Å². The third-order valence-electron chi connectivity index (χ3n) is 6.24. The van der Waals surface area contributed by atoms with Gasteiger partial charge in [-0.2, -0.15) is 4.98 Å². The predicted molar refractivity (Wildman–Crippen MR) is 129 cm³/mol. The highest BCUT2D eigenvalue weighted by Crippen LogP contribution is 2.36. The number of aromatic amines is 1. The number of nitrogens with zero attached hydrogens (tertiary/aromatic N) is 2. The summed E-state index contributed by atoms with van der Waals surface area (Å²) in [6.07, 6.45) is 3.46. The maximum atomic E-state index is 13.1. The topological polar surface area (TPSA) is 106 Å². The monoisotopic (exact) mass is 474 g/mol. The number of carbonyl (C=O) groups excluding carboxylic acids is 1. The molecule has 2 aliphatic rings. The lowest BCUT2D eigenvalue weighted by Gasteiger charge is -2.23. The minimum Gasteiger partial charge on any atom is -0.490 e. The number of aromatic nitrogens is 3. The molecule has 4 aromatic rings. The van der Waals surface area contributed by atoms with E-state index in [2.05, 4.69) is 20.3 Å². The van der Waals surface area contributed by atoms with E-state index in [1.165, 1.54) is 0 Å². The Kier molecular flexibility index (Phi) is 5.26. The van der Waals surface area contributed by atoms with Gasteiger partial charge in [-0.15, -0.1) is 11.3 Å². The summed E-state index contributed by atoms with van der Waals surface area (Å²) in [7, 11) is 0. The van der Waals surface area contributed by atoms with Crippen LogP contribution in [0.2, 0.25) is 0 Å². The molecule has 3 aromatic heterocycles. The molecule has 0 fully saturated rings. The first-order chi connectivity index (χ1) is 16.7. The number of pyridine rings is 1. The number of anilines is 1. The first-order valence-electron chi connectivity index (χ1n) is 11.3. The number of hydrogen-bond acceptors (Lipinski definition) is 8. The van der Waals surface area contributed by atoms with E-state index < -0.39 is 0 Å². The van der Waals surface area contributed by atoms with E-state index >= 15 is 0 Å². The van der Waals surface area contributed by atoms with Crippen molar-refractivity contribution in [3.05, 3.63) is 73.8 Å². The molecule has 0 amide bonds. The van der Waals surface area contributed by atoms with Crippen LogP contribution in [0.1, 0.15) is 45.1 Å². The van der Waals surface area contributed by atoms with Gasteiger partial charge in [0.2, 0.25) is 5.95 Å². The van der Waals surface area contributed by atoms with E-state index in [9.17, 15) is 9.59 Å². The number of carbonyl (C=O) groups is 1. The standard InChI is InChI=1S/C25H22N4O4S/c30-18-11-15(21-3-1-8-34-21)10-16-17(18)13-26-23-22(16)24(31)29-25(28-23)27-12-14-4-5-19-20(9-14)33-7-2-6-32-19/h1,3-5,8-9,13,15H,2,6-7,10-12H2,(H2,26,27,28,29,31). The van der Waals surface area contributed by atoms with E-state index in [1.807, 2.05) is 35.7 Å². The summed E-state index contributed by atoms with van der Waals surface area (Å²) in [4.78, 5) is 38.8. The van der Waals surface area contributed by atoms with Crippen molar-refractivity contribution in [2.45, 2.75) is 31.7 Å². The van der Waals surface area contributed by atoms with Crippen LogP contribution in [0, 0.1) is 0 Å². The number of Topliss-reactive ketones (excluding diaryl/α,β-unsaturated/α-hetero) is 1. The molecule has 8 nitrogen and oxygen atoms in total. The van der Waals surface area contributed by atoms with Crippen molar-refractivity contribution in [1.82, 2.24) is 15.0 Å². The van der Waals surface area contributed by atoms with Gasteiger partial charge in [0.1, 0.15) is 0 Å². The fraction of sp³-hybridized carbons (Fsp3) is 0.280. The number of fused-ring (bicyclic) bond motifs is 4. The molecule has 1 unspecified atom stereocenters. The first kappa shape index (κ1) is 20.9. The molecule has 0 spiro atoms. The highest BCUT2D eigenvalue weighted by molar-refractivity contribution is 7.10. The van der Waals surface area contributed by atoms with Gasteiger partial charge in [0.05, 0.1) is 18.6 Å². The van der Waals surface area contributed by atoms with Crippen molar-refractivity contribution in [3.8, 4) is 11.5 Å². The number of H-pyrrole nitrogens is 1. The molecule has 0 bridgehead atoms. The minimum atomic E-state index is -0.296. The van der Waals surface area contributed by atoms with E-state index in [4.69, 9.17) is 9.47 Å². The van der Waals surface area contributed by atoms with Crippen LogP contribution in [0.25, 0.3) is 11.0 Å². The SMILES string of the molecule is O=C1CC(c2cccs2)Cc2c1cnc1nc(NCc3ccc4c(c3)OCCCO4)[nH]c(=O)c21. The fourth-order valence-corrected chi connectivity index (χ4v) is 5.41.